The molecule has 0 unspecified atom stereocenters. The lowest BCUT2D eigenvalue weighted by molar-refractivity contribution is -0.137. The maximum absolute atomic E-state index is 12.8. The molecule has 0 aromatic heterocycles. The maximum Gasteiger partial charge on any atom is 0.417 e. The number of ether oxygens (including phenoxy) is 1. The van der Waals surface area contributed by atoms with Crippen molar-refractivity contribution < 1.29 is 22.7 Å². The molecule has 0 bridgehead atoms. The number of carbonyl (C=O) groups excluding carboxylic acids is 1. The molecular weight excluding hydrogens is 345 g/mol. The van der Waals surface area contributed by atoms with Crippen LogP contribution in [-0.4, -0.2) is 50.2 Å². The smallest absolute Gasteiger partial charge is 0.379 e. The Morgan fingerprint density at radius 2 is 2.04 bits per heavy atom. The van der Waals surface area contributed by atoms with Crippen molar-refractivity contribution in [3.8, 4) is 0 Å². The minimum atomic E-state index is -4.53. The van der Waals surface area contributed by atoms with E-state index in [0.29, 0.717) is 26.3 Å². The third-order valence-electron chi connectivity index (χ3n) is 3.55. The molecule has 0 aliphatic carbocycles. The molecule has 0 atom stereocenters. The molecule has 132 valence electrons. The standard InChI is InChI=1S/C16H18ClF3N2O2/c17-14-3-1-12(11-13(14)16(18,19)20)2-4-15(23)21-5-6-22-7-9-24-10-8-22/h1-4,11H,5-10H2,(H,21,23)/b4-2+. The van der Waals surface area contributed by atoms with E-state index in [2.05, 4.69) is 10.2 Å². The van der Waals surface area contributed by atoms with E-state index in [4.69, 9.17) is 16.3 Å². The van der Waals surface area contributed by atoms with E-state index in [0.717, 1.165) is 19.2 Å². The van der Waals surface area contributed by atoms with Crippen molar-refractivity contribution in [3.05, 3.63) is 40.4 Å². The van der Waals surface area contributed by atoms with Gasteiger partial charge in [0.1, 0.15) is 0 Å². The molecule has 8 heteroatoms. The van der Waals surface area contributed by atoms with Crippen LogP contribution in [0.4, 0.5) is 13.2 Å². The number of morpholine rings is 1. The van der Waals surface area contributed by atoms with E-state index in [1.165, 1.54) is 24.3 Å². The first-order valence-corrected chi connectivity index (χ1v) is 7.87. The topological polar surface area (TPSA) is 41.6 Å². The predicted octanol–water partition coefficient (Wildman–Crippen LogP) is 2.82. The molecule has 2 rings (SSSR count). The summed E-state index contributed by atoms with van der Waals surface area (Å²) in [7, 11) is 0. The highest BCUT2D eigenvalue weighted by Gasteiger charge is 2.33. The van der Waals surface area contributed by atoms with E-state index >= 15 is 0 Å². The van der Waals surface area contributed by atoms with E-state index in [1.807, 2.05) is 0 Å². The van der Waals surface area contributed by atoms with Gasteiger partial charge in [-0.2, -0.15) is 13.2 Å². The fraction of sp³-hybridized carbons (Fsp3) is 0.438. The quantitative estimate of drug-likeness (QED) is 0.819. The fourth-order valence-corrected chi connectivity index (χ4v) is 2.48. The van der Waals surface area contributed by atoms with Gasteiger partial charge in [0.15, 0.2) is 0 Å². The number of benzene rings is 1. The van der Waals surface area contributed by atoms with Gasteiger partial charge in [-0.25, -0.2) is 0 Å². The highest BCUT2D eigenvalue weighted by molar-refractivity contribution is 6.31. The van der Waals surface area contributed by atoms with Crippen molar-refractivity contribution in [2.24, 2.45) is 0 Å². The third kappa shape index (κ3) is 5.81. The first kappa shape index (κ1) is 18.8. The van der Waals surface area contributed by atoms with Crippen LogP contribution in [-0.2, 0) is 15.7 Å². The average molecular weight is 363 g/mol. The minimum absolute atomic E-state index is 0.259. The summed E-state index contributed by atoms with van der Waals surface area (Å²) in [6.45, 7) is 4.21. The molecule has 4 nitrogen and oxygen atoms in total. The Morgan fingerprint density at radius 1 is 1.33 bits per heavy atom. The third-order valence-corrected chi connectivity index (χ3v) is 3.88. The van der Waals surface area contributed by atoms with Crippen molar-refractivity contribution >= 4 is 23.6 Å². The van der Waals surface area contributed by atoms with Crippen molar-refractivity contribution in [1.29, 1.82) is 0 Å². The van der Waals surface area contributed by atoms with Gasteiger partial charge in [0, 0.05) is 32.3 Å². The van der Waals surface area contributed by atoms with E-state index < -0.39 is 11.7 Å². The second-order valence-corrected chi connectivity index (χ2v) is 5.72. The molecule has 0 spiro atoms. The maximum atomic E-state index is 12.8. The lowest BCUT2D eigenvalue weighted by Gasteiger charge is -2.26. The Balaban J connectivity index is 1.85. The summed E-state index contributed by atoms with van der Waals surface area (Å²) in [5.74, 6) is -0.355. The van der Waals surface area contributed by atoms with Gasteiger partial charge in [-0.05, 0) is 23.8 Å². The molecule has 1 aliphatic rings. The van der Waals surface area contributed by atoms with E-state index in [9.17, 15) is 18.0 Å². The summed E-state index contributed by atoms with van der Waals surface area (Å²) in [4.78, 5) is 13.9. The van der Waals surface area contributed by atoms with Crippen molar-refractivity contribution in [1.82, 2.24) is 10.2 Å². The van der Waals surface area contributed by atoms with Gasteiger partial charge >= 0.3 is 6.18 Å². The SMILES string of the molecule is O=C(/C=C/c1ccc(Cl)c(C(F)(F)F)c1)NCCN1CCOCC1. The summed E-state index contributed by atoms with van der Waals surface area (Å²) < 4.78 is 43.5. The summed E-state index contributed by atoms with van der Waals surface area (Å²) >= 11 is 5.55. The lowest BCUT2D eigenvalue weighted by Crippen LogP contribution is -2.41. The number of amides is 1. The molecule has 1 fully saturated rings. The van der Waals surface area contributed by atoms with Crippen LogP contribution in [0.25, 0.3) is 6.08 Å². The van der Waals surface area contributed by atoms with Crippen molar-refractivity contribution in [2.75, 3.05) is 39.4 Å². The van der Waals surface area contributed by atoms with Gasteiger partial charge in [0.25, 0.3) is 0 Å². The van der Waals surface area contributed by atoms with Crippen LogP contribution in [0, 0.1) is 0 Å². The zero-order chi connectivity index (χ0) is 17.6. The number of halogens is 4. The van der Waals surface area contributed by atoms with Crippen LogP contribution in [0.2, 0.25) is 5.02 Å². The molecule has 1 amide bonds. The monoisotopic (exact) mass is 362 g/mol. The summed E-state index contributed by atoms with van der Waals surface area (Å²) in [6, 6.07) is 3.51. The van der Waals surface area contributed by atoms with E-state index in [-0.39, 0.29) is 16.5 Å². The van der Waals surface area contributed by atoms with Crippen LogP contribution < -0.4 is 5.32 Å². The van der Waals surface area contributed by atoms with Gasteiger partial charge in [-0.1, -0.05) is 17.7 Å². The summed E-state index contributed by atoms with van der Waals surface area (Å²) in [5, 5.41) is 2.33. The van der Waals surface area contributed by atoms with E-state index in [1.54, 1.807) is 0 Å². The first-order chi connectivity index (χ1) is 11.4. The van der Waals surface area contributed by atoms with Gasteiger partial charge in [0.05, 0.1) is 23.8 Å². The van der Waals surface area contributed by atoms with Crippen molar-refractivity contribution in [3.63, 3.8) is 0 Å². The molecule has 1 saturated heterocycles. The molecule has 1 heterocycles. The largest absolute Gasteiger partial charge is 0.417 e. The second kappa shape index (κ2) is 8.50. The molecule has 1 aromatic carbocycles. The molecule has 0 radical (unpaired) electrons. The number of hydrogen-bond donors (Lipinski definition) is 1. The zero-order valence-corrected chi connectivity index (χ0v) is 13.7. The fourth-order valence-electron chi connectivity index (χ4n) is 2.26. The van der Waals surface area contributed by atoms with Crippen LogP contribution in [0.1, 0.15) is 11.1 Å². The Kier molecular flexibility index (Phi) is 6.65. The number of hydrogen-bond acceptors (Lipinski definition) is 3. The Hall–Kier alpha value is -1.57. The molecule has 1 N–H and O–H groups in total. The Labute approximate surface area is 143 Å². The van der Waals surface area contributed by atoms with Crippen LogP contribution in [0.3, 0.4) is 0 Å². The van der Waals surface area contributed by atoms with Gasteiger partial charge < -0.3 is 10.1 Å². The lowest BCUT2D eigenvalue weighted by atomic mass is 10.1. The average Bonchev–Trinajstić information content (AvgIpc) is 2.54. The Bertz CT molecular complexity index is 599. The van der Waals surface area contributed by atoms with Crippen LogP contribution in [0.5, 0.6) is 0 Å². The van der Waals surface area contributed by atoms with Crippen LogP contribution >= 0.6 is 11.6 Å². The minimum Gasteiger partial charge on any atom is -0.379 e. The highest BCUT2D eigenvalue weighted by Crippen LogP contribution is 2.35. The Morgan fingerprint density at radius 3 is 2.71 bits per heavy atom. The number of rotatable bonds is 5. The molecular formula is C16H18ClF3N2O2. The number of nitrogens with zero attached hydrogens (tertiary/aromatic N) is 1. The van der Waals surface area contributed by atoms with Gasteiger partial charge in [-0.3, -0.25) is 9.69 Å². The normalized spacial score (nSPS) is 16.5. The second-order valence-electron chi connectivity index (χ2n) is 5.32. The molecule has 0 saturated carbocycles. The van der Waals surface area contributed by atoms with Crippen LogP contribution in [0.15, 0.2) is 24.3 Å². The molecule has 24 heavy (non-hydrogen) atoms. The van der Waals surface area contributed by atoms with Crippen molar-refractivity contribution in [2.45, 2.75) is 6.18 Å². The number of carbonyl (C=O) groups is 1. The summed E-state index contributed by atoms with van der Waals surface area (Å²) in [5.41, 5.74) is -0.658. The number of nitrogens with one attached hydrogen (secondary N) is 1. The van der Waals surface area contributed by atoms with Gasteiger partial charge in [-0.15, -0.1) is 0 Å². The first-order valence-electron chi connectivity index (χ1n) is 7.49. The van der Waals surface area contributed by atoms with Gasteiger partial charge in [0.2, 0.25) is 5.91 Å². The molecule has 1 aromatic rings. The predicted molar refractivity (Wildman–Crippen MR) is 85.8 cm³/mol. The molecule has 1 aliphatic heterocycles. The highest BCUT2D eigenvalue weighted by atomic mass is 35.5. The zero-order valence-electron chi connectivity index (χ0n) is 12.9. The number of alkyl halides is 3. The summed E-state index contributed by atoms with van der Waals surface area (Å²) in [6.07, 6.45) is -1.99.